The lowest BCUT2D eigenvalue weighted by molar-refractivity contribution is -0.104. The number of rotatable bonds is 3. The van der Waals surface area contributed by atoms with Crippen LogP contribution in [-0.4, -0.2) is 46.9 Å². The van der Waals surface area contributed by atoms with Crippen LogP contribution < -0.4 is 5.73 Å². The molecular formula is C19H24F2N4O3S. The minimum Gasteiger partial charge on any atom is -0.367 e. The van der Waals surface area contributed by atoms with Crippen molar-refractivity contribution in [1.82, 2.24) is 14.1 Å². The van der Waals surface area contributed by atoms with Crippen molar-refractivity contribution < 1.29 is 21.9 Å². The Morgan fingerprint density at radius 2 is 2.00 bits per heavy atom. The molecule has 1 fully saturated rings. The molecule has 2 aromatic rings. The van der Waals surface area contributed by atoms with Gasteiger partial charge in [0.05, 0.1) is 23.7 Å². The predicted octanol–water partition coefficient (Wildman–Crippen LogP) is 1.84. The number of aryl methyl sites for hydroxylation is 1. The Bertz CT molecular complexity index is 1060. The van der Waals surface area contributed by atoms with Crippen LogP contribution in [0.2, 0.25) is 0 Å². The first kappa shape index (κ1) is 20.4. The van der Waals surface area contributed by atoms with E-state index in [1.165, 1.54) is 0 Å². The van der Waals surface area contributed by atoms with Crippen LogP contribution in [0.25, 0.3) is 0 Å². The van der Waals surface area contributed by atoms with Crippen molar-refractivity contribution in [3.05, 3.63) is 52.3 Å². The van der Waals surface area contributed by atoms with E-state index < -0.39 is 33.8 Å². The van der Waals surface area contributed by atoms with Crippen molar-refractivity contribution in [2.75, 3.05) is 6.26 Å². The number of fused-ring (bicyclic) bond motifs is 1. The Morgan fingerprint density at radius 1 is 1.28 bits per heavy atom. The number of aromatic nitrogens is 2. The topological polar surface area (TPSA) is 90.5 Å². The van der Waals surface area contributed by atoms with Gasteiger partial charge in [0.1, 0.15) is 17.7 Å². The van der Waals surface area contributed by atoms with Crippen molar-refractivity contribution in [3.63, 3.8) is 0 Å². The lowest BCUT2D eigenvalue weighted by atomic mass is 9.90. The van der Waals surface area contributed by atoms with Gasteiger partial charge in [-0.05, 0) is 38.5 Å². The summed E-state index contributed by atoms with van der Waals surface area (Å²) in [6, 6.07) is 2.66. The van der Waals surface area contributed by atoms with Gasteiger partial charge in [-0.3, -0.25) is 4.90 Å². The highest BCUT2D eigenvalue weighted by Gasteiger charge is 2.42. The third-order valence-electron chi connectivity index (χ3n) is 5.82. The van der Waals surface area contributed by atoms with E-state index in [1.54, 1.807) is 6.92 Å². The van der Waals surface area contributed by atoms with E-state index >= 15 is 0 Å². The molecule has 0 saturated carbocycles. The Kier molecular flexibility index (Phi) is 5.01. The van der Waals surface area contributed by atoms with Crippen LogP contribution in [-0.2, 0) is 27.8 Å². The molecule has 10 heteroatoms. The zero-order valence-electron chi connectivity index (χ0n) is 16.5. The maximum atomic E-state index is 14.2. The van der Waals surface area contributed by atoms with Crippen LogP contribution in [0.4, 0.5) is 8.78 Å². The van der Waals surface area contributed by atoms with Gasteiger partial charge in [-0.1, -0.05) is 0 Å². The molecular weight excluding hydrogens is 402 g/mol. The molecule has 0 bridgehead atoms. The number of hydrogen-bond acceptors (Lipinski definition) is 6. The summed E-state index contributed by atoms with van der Waals surface area (Å²) in [5.74, 6) is -1.09. The fourth-order valence-corrected chi connectivity index (χ4v) is 5.24. The molecule has 158 valence electrons. The van der Waals surface area contributed by atoms with Crippen LogP contribution in [0.3, 0.4) is 0 Å². The van der Waals surface area contributed by atoms with Crippen LogP contribution >= 0.6 is 0 Å². The highest BCUT2D eigenvalue weighted by atomic mass is 32.2. The maximum absolute atomic E-state index is 14.2. The fraction of sp³-hybridized carbons (Fsp3) is 0.526. The normalized spacial score (nSPS) is 27.9. The van der Waals surface area contributed by atoms with E-state index in [4.69, 9.17) is 10.5 Å². The monoisotopic (exact) mass is 426 g/mol. The first-order valence-corrected chi connectivity index (χ1v) is 11.3. The highest BCUT2D eigenvalue weighted by Crippen LogP contribution is 2.37. The van der Waals surface area contributed by atoms with E-state index in [0.29, 0.717) is 30.9 Å². The summed E-state index contributed by atoms with van der Waals surface area (Å²) < 4.78 is 59.0. The number of nitrogens with two attached hydrogens (primary N) is 1. The molecule has 29 heavy (non-hydrogen) atoms. The summed E-state index contributed by atoms with van der Waals surface area (Å²) in [6.07, 6.45) is 0.599. The maximum Gasteiger partial charge on any atom is 0.251 e. The second kappa shape index (κ2) is 7.12. The molecule has 0 amide bonds. The molecule has 1 saturated heterocycles. The summed E-state index contributed by atoms with van der Waals surface area (Å²) in [6.45, 7) is 4.62. The van der Waals surface area contributed by atoms with Crippen molar-refractivity contribution in [2.24, 2.45) is 5.73 Å². The summed E-state index contributed by atoms with van der Waals surface area (Å²) >= 11 is 0. The second-order valence-electron chi connectivity index (χ2n) is 7.92. The number of hydrogen-bond donors (Lipinski definition) is 1. The van der Waals surface area contributed by atoms with Crippen LogP contribution in [0.15, 0.2) is 18.2 Å². The van der Waals surface area contributed by atoms with Gasteiger partial charge >= 0.3 is 0 Å². The third-order valence-corrected chi connectivity index (χ3v) is 6.75. The van der Waals surface area contributed by atoms with Crippen LogP contribution in [0.5, 0.6) is 0 Å². The number of ether oxygens (including phenoxy) is 1. The van der Waals surface area contributed by atoms with Crippen LogP contribution in [0, 0.1) is 18.6 Å². The van der Waals surface area contributed by atoms with E-state index in [-0.39, 0.29) is 17.7 Å². The third kappa shape index (κ3) is 3.58. The zero-order valence-corrected chi connectivity index (χ0v) is 17.3. The molecule has 4 atom stereocenters. The summed E-state index contributed by atoms with van der Waals surface area (Å²) in [4.78, 5) is 2.11. The highest BCUT2D eigenvalue weighted by molar-refractivity contribution is 7.89. The zero-order chi connectivity index (χ0) is 21.1. The first-order chi connectivity index (χ1) is 13.6. The minimum atomic E-state index is -3.49. The van der Waals surface area contributed by atoms with E-state index in [9.17, 15) is 17.2 Å². The molecule has 1 aromatic carbocycles. The Balaban J connectivity index is 1.55. The lowest BCUT2D eigenvalue weighted by Gasteiger charge is -2.43. The van der Waals surface area contributed by atoms with Gasteiger partial charge in [0, 0.05) is 36.3 Å². The molecule has 2 N–H and O–H groups in total. The number of halogens is 2. The first-order valence-electron chi connectivity index (χ1n) is 9.44. The van der Waals surface area contributed by atoms with Gasteiger partial charge in [-0.15, -0.1) is 0 Å². The average molecular weight is 426 g/mol. The van der Waals surface area contributed by atoms with Gasteiger partial charge in [-0.25, -0.2) is 17.2 Å². The second-order valence-corrected chi connectivity index (χ2v) is 9.73. The largest absolute Gasteiger partial charge is 0.367 e. The minimum absolute atomic E-state index is 0.0855. The number of nitrogens with zero attached hydrogens (tertiary/aromatic N) is 3. The van der Waals surface area contributed by atoms with Gasteiger partial charge in [-0.2, -0.15) is 9.19 Å². The lowest BCUT2D eigenvalue weighted by Crippen LogP contribution is -2.52. The molecule has 4 rings (SSSR count). The fourth-order valence-electron chi connectivity index (χ4n) is 4.40. The molecule has 0 unspecified atom stereocenters. The Hall–Kier alpha value is -1.88. The van der Waals surface area contributed by atoms with Gasteiger partial charge in [0.2, 0.25) is 0 Å². The van der Waals surface area contributed by atoms with Crippen molar-refractivity contribution in [1.29, 1.82) is 0 Å². The molecule has 1 aromatic heterocycles. The van der Waals surface area contributed by atoms with Crippen molar-refractivity contribution >= 4 is 10.0 Å². The van der Waals surface area contributed by atoms with Crippen molar-refractivity contribution in [3.8, 4) is 0 Å². The number of benzene rings is 1. The van der Waals surface area contributed by atoms with E-state index in [2.05, 4.69) is 10.00 Å². The average Bonchev–Trinajstić information content (AvgIpc) is 3.19. The Morgan fingerprint density at radius 3 is 2.69 bits per heavy atom. The van der Waals surface area contributed by atoms with Gasteiger partial charge in [0.25, 0.3) is 10.0 Å². The molecule has 0 spiro atoms. The quantitative estimate of drug-likeness (QED) is 0.806. The summed E-state index contributed by atoms with van der Waals surface area (Å²) in [5.41, 5.74) is 8.66. The summed E-state index contributed by atoms with van der Waals surface area (Å²) in [5, 5.41) is 4.16. The predicted molar refractivity (Wildman–Crippen MR) is 102 cm³/mol. The smallest absolute Gasteiger partial charge is 0.251 e. The molecule has 7 nitrogen and oxygen atoms in total. The van der Waals surface area contributed by atoms with Crippen molar-refractivity contribution in [2.45, 2.75) is 57.6 Å². The van der Waals surface area contributed by atoms with E-state index in [1.807, 2.05) is 6.92 Å². The summed E-state index contributed by atoms with van der Waals surface area (Å²) in [7, 11) is -3.49. The molecule has 0 radical (unpaired) electrons. The molecule has 2 aliphatic heterocycles. The standard InChI is InChI=1S/C19H24F2N4O3S/c1-10-14-8-24(9-18(14)25(23-10)29(3,26)27)17-7-16(22)19(28-11(17)2)13-6-12(20)4-5-15(13)21/h4-6,11,16-17,19H,7-9,22H2,1-3H3/t11-,16-,17+,19+/m0/s1. The van der Waals surface area contributed by atoms with E-state index in [0.717, 1.165) is 34.1 Å². The van der Waals surface area contributed by atoms with Crippen LogP contribution in [0.1, 0.15) is 42.0 Å². The Labute approximate surface area is 168 Å². The SMILES string of the molecule is Cc1nn(S(C)(=O)=O)c2c1CN([C@@H]1C[C@H](N)[C@@H](c3cc(F)ccc3F)O[C@H]1C)C2. The molecule has 3 heterocycles. The van der Waals surface area contributed by atoms with Gasteiger partial charge in [0.15, 0.2) is 0 Å². The molecule has 0 aliphatic carbocycles. The van der Waals surface area contributed by atoms with Gasteiger partial charge < -0.3 is 10.5 Å². The molecule has 2 aliphatic rings.